The largest absolute Gasteiger partial charge is 0.459 e. The number of amides is 1. The van der Waals surface area contributed by atoms with E-state index in [4.69, 9.17) is 23.8 Å². The van der Waals surface area contributed by atoms with Crippen molar-refractivity contribution in [1.82, 2.24) is 5.32 Å². The number of oxime groups is 1. The number of aliphatic hydroxyl groups is 4. The molecule has 2 aliphatic heterocycles. The Morgan fingerprint density at radius 1 is 1.00 bits per heavy atom. The number of carbonyl (C=O) groups is 1. The van der Waals surface area contributed by atoms with Gasteiger partial charge in [0.25, 0.3) is 0 Å². The Kier molecular flexibility index (Phi) is 10.1. The van der Waals surface area contributed by atoms with Gasteiger partial charge in [0.1, 0.15) is 61.9 Å². The SMILES string of the molecule is C/C(=N/OCc1ccccc1F)[C@H]1O[C@@H](Oc2ccc(/C=C(\C)C(=O)N[C@@H]3[C@H](O)[C@@H](O)[C@H]4OCO[C@H]4[C@@H]3O)cc2F)[C@@H](F)[C@@H]1O. The van der Waals surface area contributed by atoms with Crippen molar-refractivity contribution in [3.63, 3.8) is 0 Å². The van der Waals surface area contributed by atoms with Gasteiger partial charge in [-0.15, -0.1) is 0 Å². The molecule has 2 aromatic rings. The van der Waals surface area contributed by atoms with Gasteiger partial charge in [0.15, 0.2) is 17.7 Å². The smallest absolute Gasteiger partial charge is 0.247 e. The van der Waals surface area contributed by atoms with Crippen LogP contribution in [-0.2, 0) is 30.4 Å². The first kappa shape index (κ1) is 32.8. The zero-order valence-corrected chi connectivity index (χ0v) is 24.1. The molecule has 0 aromatic heterocycles. The molecule has 0 spiro atoms. The molecule has 5 rings (SSSR count). The fourth-order valence-corrected chi connectivity index (χ4v) is 5.30. The minimum atomic E-state index is -2.07. The lowest BCUT2D eigenvalue weighted by Crippen LogP contribution is -2.67. The van der Waals surface area contributed by atoms with E-state index in [1.807, 2.05) is 0 Å². The number of nitrogens with zero attached hydrogens (tertiary/aromatic N) is 1. The summed E-state index contributed by atoms with van der Waals surface area (Å²) in [5.74, 6) is -2.52. The van der Waals surface area contributed by atoms with Crippen molar-refractivity contribution in [3.8, 4) is 5.75 Å². The molecule has 12 nitrogen and oxygen atoms in total. The van der Waals surface area contributed by atoms with Crippen molar-refractivity contribution in [3.05, 3.63) is 70.8 Å². The van der Waals surface area contributed by atoms with Gasteiger partial charge < -0.3 is 49.5 Å². The number of benzene rings is 2. The first-order valence-corrected chi connectivity index (χ1v) is 14.1. The highest BCUT2D eigenvalue weighted by molar-refractivity contribution is 5.97. The van der Waals surface area contributed by atoms with E-state index in [2.05, 4.69) is 10.5 Å². The molecule has 15 heteroatoms. The third-order valence-electron chi connectivity index (χ3n) is 7.82. The second kappa shape index (κ2) is 13.8. The van der Waals surface area contributed by atoms with Gasteiger partial charge in [-0.25, -0.2) is 13.2 Å². The number of carbonyl (C=O) groups excluding carboxylic acids is 1. The predicted octanol–water partition coefficient (Wildman–Crippen LogP) is 1.09. The third kappa shape index (κ3) is 6.99. The third-order valence-corrected chi connectivity index (χ3v) is 7.82. The molecule has 1 amide bonds. The molecular weight excluding hydrogens is 605 g/mol. The topological polar surface area (TPSA) is 169 Å². The zero-order chi connectivity index (χ0) is 32.4. The van der Waals surface area contributed by atoms with E-state index in [0.717, 1.165) is 6.07 Å². The number of alkyl halides is 1. The van der Waals surface area contributed by atoms with Gasteiger partial charge in [0.05, 0.1) is 11.8 Å². The maximum absolute atomic E-state index is 14.9. The van der Waals surface area contributed by atoms with Gasteiger partial charge in [0.2, 0.25) is 12.2 Å². The van der Waals surface area contributed by atoms with E-state index in [9.17, 15) is 38.4 Å². The fraction of sp³-hybridized carbons (Fsp3) is 0.467. The Bertz CT molecular complexity index is 1440. The number of nitrogens with one attached hydrogen (secondary N) is 1. The molecule has 244 valence electrons. The second-order valence-corrected chi connectivity index (χ2v) is 10.9. The highest BCUT2D eigenvalue weighted by Gasteiger charge is 2.53. The molecule has 0 unspecified atom stereocenters. The van der Waals surface area contributed by atoms with Crippen LogP contribution in [0.25, 0.3) is 6.08 Å². The van der Waals surface area contributed by atoms with Gasteiger partial charge in [-0.05, 0) is 43.7 Å². The number of hydrogen-bond acceptors (Lipinski definition) is 11. The monoisotopic (exact) mass is 638 g/mol. The number of rotatable bonds is 9. The Morgan fingerprint density at radius 2 is 1.71 bits per heavy atom. The molecule has 0 bridgehead atoms. The van der Waals surface area contributed by atoms with Gasteiger partial charge in [-0.2, -0.15) is 0 Å². The summed E-state index contributed by atoms with van der Waals surface area (Å²) in [5.41, 5.74) is 0.588. The van der Waals surface area contributed by atoms with Crippen LogP contribution in [0.1, 0.15) is 25.0 Å². The lowest BCUT2D eigenvalue weighted by molar-refractivity contribution is -0.155. The first-order valence-electron chi connectivity index (χ1n) is 14.1. The number of aliphatic hydroxyl groups excluding tert-OH is 4. The summed E-state index contributed by atoms with van der Waals surface area (Å²) in [7, 11) is 0. The van der Waals surface area contributed by atoms with Crippen molar-refractivity contribution in [2.24, 2.45) is 5.16 Å². The lowest BCUT2D eigenvalue weighted by atomic mass is 9.83. The average molecular weight is 639 g/mol. The van der Waals surface area contributed by atoms with Gasteiger partial charge >= 0.3 is 0 Å². The van der Waals surface area contributed by atoms with E-state index < -0.39 is 84.5 Å². The summed E-state index contributed by atoms with van der Waals surface area (Å²) in [4.78, 5) is 17.9. The maximum atomic E-state index is 14.9. The van der Waals surface area contributed by atoms with E-state index in [1.54, 1.807) is 6.07 Å². The summed E-state index contributed by atoms with van der Waals surface area (Å²) in [6.07, 6.45) is -11.6. The number of fused-ring (bicyclic) bond motifs is 1. The Balaban J connectivity index is 1.18. The Morgan fingerprint density at radius 3 is 2.42 bits per heavy atom. The summed E-state index contributed by atoms with van der Waals surface area (Å²) in [5, 5.41) is 47.8. The number of ether oxygens (including phenoxy) is 4. The number of hydrogen-bond donors (Lipinski definition) is 5. The number of halogens is 3. The van der Waals surface area contributed by atoms with Crippen molar-refractivity contribution >= 4 is 17.7 Å². The van der Waals surface area contributed by atoms with Crippen LogP contribution >= 0.6 is 0 Å². The van der Waals surface area contributed by atoms with E-state index in [0.29, 0.717) is 0 Å². The Hall–Kier alpha value is -3.57. The standard InChI is InChI=1S/C30H33F3N2O10/c1-13(29(40)34-21-23(37)25(39)28-27(24(21)38)41-12-42-28)9-15-7-8-19(18(32)10-15)44-30-20(33)22(36)26(45-30)14(2)35-43-11-16-5-3-4-6-17(16)31/h3-10,20-28,30,36-39H,11-12H2,1-2H3,(H,34,40)/b13-9+,35-14-/t20-,21+,22-,23-,24+,25+,26+,27-,28+,30+/m0/s1. The summed E-state index contributed by atoms with van der Waals surface area (Å²) in [6.45, 7) is 2.44. The molecular formula is C30H33F3N2O10. The highest BCUT2D eigenvalue weighted by atomic mass is 19.1. The van der Waals surface area contributed by atoms with Gasteiger partial charge in [0, 0.05) is 11.1 Å². The van der Waals surface area contributed by atoms with Crippen molar-refractivity contribution in [2.75, 3.05) is 6.79 Å². The highest BCUT2D eigenvalue weighted by Crippen LogP contribution is 2.31. The quantitative estimate of drug-likeness (QED) is 0.152. The van der Waals surface area contributed by atoms with E-state index >= 15 is 0 Å². The molecule has 45 heavy (non-hydrogen) atoms. The molecule has 1 saturated carbocycles. The van der Waals surface area contributed by atoms with Gasteiger partial charge in [-0.3, -0.25) is 4.79 Å². The molecule has 10 atom stereocenters. The van der Waals surface area contributed by atoms with Crippen LogP contribution in [0, 0.1) is 11.6 Å². The van der Waals surface area contributed by atoms with Crippen molar-refractivity contribution < 1.29 is 62.2 Å². The van der Waals surface area contributed by atoms with Crippen LogP contribution in [-0.4, -0.2) is 100 Å². The normalized spacial score (nSPS) is 33.5. The molecule has 1 aliphatic carbocycles. The molecule has 2 aromatic carbocycles. The summed E-state index contributed by atoms with van der Waals surface area (Å²) >= 11 is 0. The van der Waals surface area contributed by atoms with Crippen LogP contribution in [0.4, 0.5) is 13.2 Å². The summed E-state index contributed by atoms with van der Waals surface area (Å²) < 4.78 is 64.8. The molecule has 3 fully saturated rings. The molecule has 2 saturated heterocycles. The minimum absolute atomic E-state index is 0.0500. The van der Waals surface area contributed by atoms with E-state index in [-0.39, 0.29) is 35.8 Å². The molecule has 5 N–H and O–H groups in total. The molecule has 2 heterocycles. The van der Waals surface area contributed by atoms with Crippen molar-refractivity contribution in [2.45, 2.75) is 81.7 Å². The molecule has 3 aliphatic rings. The minimum Gasteiger partial charge on any atom is -0.459 e. The van der Waals surface area contributed by atoms with Crippen LogP contribution in [0.2, 0.25) is 0 Å². The first-order chi connectivity index (χ1) is 21.5. The average Bonchev–Trinajstić information content (AvgIpc) is 3.62. The zero-order valence-electron chi connectivity index (χ0n) is 24.1. The Labute approximate surface area is 255 Å². The maximum Gasteiger partial charge on any atom is 0.247 e. The van der Waals surface area contributed by atoms with Gasteiger partial charge in [-0.1, -0.05) is 29.4 Å². The van der Waals surface area contributed by atoms with Crippen LogP contribution in [0.15, 0.2) is 53.2 Å². The predicted molar refractivity (Wildman–Crippen MR) is 149 cm³/mol. The molecule has 0 radical (unpaired) electrons. The van der Waals surface area contributed by atoms with E-state index in [1.165, 1.54) is 50.3 Å². The summed E-state index contributed by atoms with van der Waals surface area (Å²) in [6, 6.07) is 8.23. The lowest BCUT2D eigenvalue weighted by Gasteiger charge is -2.41. The van der Waals surface area contributed by atoms with Crippen molar-refractivity contribution in [1.29, 1.82) is 0 Å². The van der Waals surface area contributed by atoms with Crippen LogP contribution in [0.5, 0.6) is 5.75 Å². The second-order valence-electron chi connectivity index (χ2n) is 10.9. The van der Waals surface area contributed by atoms with Crippen LogP contribution in [0.3, 0.4) is 0 Å². The van der Waals surface area contributed by atoms with Crippen LogP contribution < -0.4 is 10.1 Å². The fourth-order valence-electron chi connectivity index (χ4n) is 5.30.